The summed E-state index contributed by atoms with van der Waals surface area (Å²) in [5, 5.41) is 0. The van der Waals surface area contributed by atoms with E-state index in [4.69, 9.17) is 9.47 Å². The summed E-state index contributed by atoms with van der Waals surface area (Å²) in [6, 6.07) is 0. The van der Waals surface area contributed by atoms with E-state index < -0.39 is 5.41 Å². The van der Waals surface area contributed by atoms with Crippen molar-refractivity contribution in [2.75, 3.05) is 13.2 Å². The maximum absolute atomic E-state index is 11.5. The van der Waals surface area contributed by atoms with Crippen LogP contribution in [0.5, 0.6) is 0 Å². The second-order valence-corrected chi connectivity index (χ2v) is 4.40. The lowest BCUT2D eigenvalue weighted by atomic mass is 9.87. The second kappa shape index (κ2) is 7.25. The molecule has 0 aliphatic heterocycles. The third-order valence-electron chi connectivity index (χ3n) is 2.33. The van der Waals surface area contributed by atoms with Crippen molar-refractivity contribution in [3.05, 3.63) is 0 Å². The van der Waals surface area contributed by atoms with Crippen LogP contribution >= 0.6 is 0 Å². The van der Waals surface area contributed by atoms with Gasteiger partial charge in [-0.2, -0.15) is 0 Å². The van der Waals surface area contributed by atoms with E-state index in [9.17, 15) is 9.59 Å². The van der Waals surface area contributed by atoms with Crippen LogP contribution in [0.1, 0.15) is 47.0 Å². The number of esters is 2. The summed E-state index contributed by atoms with van der Waals surface area (Å²) in [6.07, 6.45) is 2.37. The average Bonchev–Trinajstić information content (AvgIpc) is 2.17. The van der Waals surface area contributed by atoms with Crippen molar-refractivity contribution in [2.24, 2.45) is 5.41 Å². The molecule has 0 atom stereocenters. The molecule has 4 heteroatoms. The maximum Gasteiger partial charge on any atom is 0.311 e. The van der Waals surface area contributed by atoms with Crippen LogP contribution in [0.25, 0.3) is 0 Å². The Bertz CT molecular complexity index is 233. The molecule has 0 fully saturated rings. The molecule has 16 heavy (non-hydrogen) atoms. The molecule has 0 aromatic carbocycles. The Morgan fingerprint density at radius 3 is 2.25 bits per heavy atom. The third-order valence-corrected chi connectivity index (χ3v) is 2.33. The van der Waals surface area contributed by atoms with E-state index in [1.165, 1.54) is 6.92 Å². The van der Waals surface area contributed by atoms with Gasteiger partial charge in [-0.1, -0.05) is 0 Å². The fourth-order valence-corrected chi connectivity index (χ4v) is 1.31. The number of carbonyl (C=O) groups is 2. The number of hydrogen-bond acceptors (Lipinski definition) is 4. The molecule has 0 radical (unpaired) electrons. The minimum absolute atomic E-state index is 0.164. The Morgan fingerprint density at radius 2 is 1.75 bits per heavy atom. The summed E-state index contributed by atoms with van der Waals surface area (Å²) in [5.41, 5.74) is -0.452. The van der Waals surface area contributed by atoms with Crippen molar-refractivity contribution < 1.29 is 19.1 Å². The fourth-order valence-electron chi connectivity index (χ4n) is 1.31. The first kappa shape index (κ1) is 14.9. The molecule has 0 N–H and O–H groups in total. The van der Waals surface area contributed by atoms with Gasteiger partial charge in [-0.15, -0.1) is 0 Å². The topological polar surface area (TPSA) is 52.6 Å². The van der Waals surface area contributed by atoms with E-state index in [0.717, 1.165) is 19.3 Å². The summed E-state index contributed by atoms with van der Waals surface area (Å²) in [4.78, 5) is 22.0. The maximum atomic E-state index is 11.5. The van der Waals surface area contributed by atoms with Crippen LogP contribution in [0.3, 0.4) is 0 Å². The fraction of sp³-hybridized carbons (Fsp3) is 0.833. The van der Waals surface area contributed by atoms with Crippen molar-refractivity contribution in [1.29, 1.82) is 0 Å². The minimum atomic E-state index is -0.452. The lowest BCUT2D eigenvalue weighted by molar-refractivity contribution is -0.154. The lowest BCUT2D eigenvalue weighted by Crippen LogP contribution is -2.26. The molecule has 0 aliphatic carbocycles. The van der Waals surface area contributed by atoms with Gasteiger partial charge in [0.15, 0.2) is 0 Å². The van der Waals surface area contributed by atoms with Crippen LogP contribution in [0, 0.1) is 5.41 Å². The summed E-state index contributed by atoms with van der Waals surface area (Å²) < 4.78 is 9.79. The first-order valence-corrected chi connectivity index (χ1v) is 5.70. The smallest absolute Gasteiger partial charge is 0.311 e. The third kappa shape index (κ3) is 6.43. The molecule has 0 aromatic rings. The number of unbranched alkanes of at least 4 members (excludes halogenated alkanes) is 1. The van der Waals surface area contributed by atoms with E-state index in [0.29, 0.717) is 13.2 Å². The predicted octanol–water partition coefficient (Wildman–Crippen LogP) is 2.31. The zero-order chi connectivity index (χ0) is 12.6. The normalized spacial score (nSPS) is 11.0. The van der Waals surface area contributed by atoms with Gasteiger partial charge in [-0.05, 0) is 40.0 Å². The molecule has 0 saturated heterocycles. The van der Waals surface area contributed by atoms with Gasteiger partial charge in [0.05, 0.1) is 18.6 Å². The Labute approximate surface area is 97.3 Å². The van der Waals surface area contributed by atoms with E-state index in [1.54, 1.807) is 6.92 Å². The van der Waals surface area contributed by atoms with Gasteiger partial charge in [-0.25, -0.2) is 0 Å². The highest BCUT2D eigenvalue weighted by atomic mass is 16.5. The van der Waals surface area contributed by atoms with Crippen molar-refractivity contribution in [3.63, 3.8) is 0 Å². The first-order valence-electron chi connectivity index (χ1n) is 5.70. The minimum Gasteiger partial charge on any atom is -0.466 e. The van der Waals surface area contributed by atoms with Crippen LogP contribution in [-0.2, 0) is 19.1 Å². The summed E-state index contributed by atoms with van der Waals surface area (Å²) in [7, 11) is 0. The number of ether oxygens (including phenoxy) is 2. The molecule has 0 unspecified atom stereocenters. The second-order valence-electron chi connectivity index (χ2n) is 4.40. The molecule has 0 aromatic heterocycles. The first-order chi connectivity index (χ1) is 7.40. The number of carbonyl (C=O) groups excluding carboxylic acids is 2. The van der Waals surface area contributed by atoms with Gasteiger partial charge in [-0.3, -0.25) is 9.59 Å². The van der Waals surface area contributed by atoms with Crippen LogP contribution in [0.4, 0.5) is 0 Å². The molecule has 0 rings (SSSR count). The zero-order valence-electron chi connectivity index (χ0n) is 10.7. The van der Waals surface area contributed by atoms with Crippen molar-refractivity contribution >= 4 is 11.9 Å². The van der Waals surface area contributed by atoms with Gasteiger partial charge >= 0.3 is 11.9 Å². The summed E-state index contributed by atoms with van der Waals surface area (Å²) in [5.74, 6) is -0.424. The van der Waals surface area contributed by atoms with E-state index in [-0.39, 0.29) is 11.9 Å². The van der Waals surface area contributed by atoms with Crippen molar-refractivity contribution in [2.45, 2.75) is 47.0 Å². The van der Waals surface area contributed by atoms with Crippen LogP contribution in [0.15, 0.2) is 0 Å². The van der Waals surface area contributed by atoms with Gasteiger partial charge in [0, 0.05) is 6.92 Å². The Morgan fingerprint density at radius 1 is 1.12 bits per heavy atom. The summed E-state index contributed by atoms with van der Waals surface area (Å²) >= 11 is 0. The molecule has 0 aliphatic rings. The quantitative estimate of drug-likeness (QED) is 0.497. The monoisotopic (exact) mass is 230 g/mol. The van der Waals surface area contributed by atoms with Crippen LogP contribution < -0.4 is 0 Å². The van der Waals surface area contributed by atoms with E-state index >= 15 is 0 Å². The predicted molar refractivity (Wildman–Crippen MR) is 60.9 cm³/mol. The zero-order valence-corrected chi connectivity index (χ0v) is 10.7. The Hall–Kier alpha value is -1.06. The van der Waals surface area contributed by atoms with Gasteiger partial charge in [0.1, 0.15) is 0 Å². The molecule has 0 spiro atoms. The lowest BCUT2D eigenvalue weighted by Gasteiger charge is -2.21. The highest BCUT2D eigenvalue weighted by Crippen LogP contribution is 2.24. The van der Waals surface area contributed by atoms with Gasteiger partial charge < -0.3 is 9.47 Å². The van der Waals surface area contributed by atoms with Gasteiger partial charge in [0.25, 0.3) is 0 Å². The average molecular weight is 230 g/mol. The number of hydrogen-bond donors (Lipinski definition) is 0. The van der Waals surface area contributed by atoms with Gasteiger partial charge in [0.2, 0.25) is 0 Å². The SMILES string of the molecule is CCOC(=O)C(C)(C)CCCCOC(C)=O. The molecule has 4 nitrogen and oxygen atoms in total. The highest BCUT2D eigenvalue weighted by molar-refractivity contribution is 5.75. The van der Waals surface area contributed by atoms with E-state index in [1.807, 2.05) is 13.8 Å². The number of rotatable bonds is 7. The molecule has 0 heterocycles. The molecule has 0 amide bonds. The Balaban J connectivity index is 3.73. The van der Waals surface area contributed by atoms with E-state index in [2.05, 4.69) is 0 Å². The van der Waals surface area contributed by atoms with Crippen LogP contribution in [0.2, 0.25) is 0 Å². The molecule has 0 bridgehead atoms. The molecule has 94 valence electrons. The Kier molecular flexibility index (Phi) is 6.77. The summed E-state index contributed by atoms with van der Waals surface area (Å²) in [6.45, 7) is 7.77. The van der Waals surface area contributed by atoms with Crippen molar-refractivity contribution in [3.8, 4) is 0 Å². The molecular weight excluding hydrogens is 208 g/mol. The van der Waals surface area contributed by atoms with Crippen LogP contribution in [-0.4, -0.2) is 25.2 Å². The largest absolute Gasteiger partial charge is 0.466 e. The molecule has 0 saturated carbocycles. The molecular formula is C12H22O4. The van der Waals surface area contributed by atoms with Crippen molar-refractivity contribution in [1.82, 2.24) is 0 Å². The standard InChI is InChI=1S/C12H22O4/c1-5-15-11(14)12(3,4)8-6-7-9-16-10(2)13/h5-9H2,1-4H3. The highest BCUT2D eigenvalue weighted by Gasteiger charge is 2.28.